The summed E-state index contributed by atoms with van der Waals surface area (Å²) in [5, 5.41) is 13.6. The van der Waals surface area contributed by atoms with Gasteiger partial charge in [-0.1, -0.05) is 13.3 Å². The van der Waals surface area contributed by atoms with Gasteiger partial charge in [-0.15, -0.1) is 0 Å². The molecule has 1 aromatic rings. The van der Waals surface area contributed by atoms with E-state index in [4.69, 9.17) is 10.5 Å². The molecule has 0 aliphatic carbocycles. The van der Waals surface area contributed by atoms with E-state index in [0.717, 1.165) is 12.8 Å². The summed E-state index contributed by atoms with van der Waals surface area (Å²) in [5.74, 6) is 0.0630. The maximum absolute atomic E-state index is 11.8. The number of ether oxygens (including phenoxy) is 1. The normalized spacial score (nSPS) is 11.8. The predicted molar refractivity (Wildman–Crippen MR) is 80.4 cm³/mol. The van der Waals surface area contributed by atoms with Crippen LogP contribution in [0.5, 0.6) is 5.75 Å². The molecule has 1 rings (SSSR count). The van der Waals surface area contributed by atoms with Crippen LogP contribution in [-0.2, 0) is 4.79 Å². The van der Waals surface area contributed by atoms with Crippen LogP contribution in [0, 0.1) is 10.1 Å². The van der Waals surface area contributed by atoms with Crippen molar-refractivity contribution in [3.63, 3.8) is 0 Å². The molecule has 0 fully saturated rings. The van der Waals surface area contributed by atoms with E-state index < -0.39 is 4.92 Å². The van der Waals surface area contributed by atoms with Gasteiger partial charge in [-0.2, -0.15) is 0 Å². The number of anilines is 1. The molecular weight excluding hydrogens is 274 g/mol. The van der Waals surface area contributed by atoms with Gasteiger partial charge in [-0.05, 0) is 25.5 Å². The molecule has 1 atom stereocenters. The molecule has 0 aliphatic rings. The van der Waals surface area contributed by atoms with Crippen molar-refractivity contribution in [1.82, 2.24) is 0 Å². The van der Waals surface area contributed by atoms with Crippen molar-refractivity contribution in [2.45, 2.75) is 39.2 Å². The number of nitrogens with one attached hydrogen (secondary N) is 1. The Morgan fingerprint density at radius 2 is 2.19 bits per heavy atom. The van der Waals surface area contributed by atoms with Crippen molar-refractivity contribution >= 4 is 17.3 Å². The van der Waals surface area contributed by atoms with E-state index in [1.165, 1.54) is 12.1 Å². The van der Waals surface area contributed by atoms with Crippen molar-refractivity contribution in [3.8, 4) is 5.75 Å². The fourth-order valence-electron chi connectivity index (χ4n) is 1.94. The number of nitrogens with zero attached hydrogens (tertiary/aromatic N) is 1. The number of nitro groups is 1. The van der Waals surface area contributed by atoms with E-state index in [2.05, 4.69) is 5.32 Å². The standard InChI is InChI=1S/C14H21N3O4/c1-3-5-10(15)8-14(18)16-12-7-6-11(21-4-2)9-13(12)17(19)20/h6-7,9-10H,3-5,8,15H2,1-2H3,(H,16,18). The Hall–Kier alpha value is -2.15. The van der Waals surface area contributed by atoms with Gasteiger partial charge in [0.1, 0.15) is 11.4 Å². The highest BCUT2D eigenvalue weighted by molar-refractivity contribution is 5.93. The minimum absolute atomic E-state index is 0.137. The smallest absolute Gasteiger partial charge is 0.296 e. The molecule has 0 saturated heterocycles. The number of nitro benzene ring substituents is 1. The summed E-state index contributed by atoms with van der Waals surface area (Å²) in [6.07, 6.45) is 1.76. The van der Waals surface area contributed by atoms with Crippen LogP contribution in [0.1, 0.15) is 33.1 Å². The lowest BCUT2D eigenvalue weighted by Crippen LogP contribution is -2.27. The van der Waals surface area contributed by atoms with Gasteiger partial charge in [0.2, 0.25) is 5.91 Å². The number of benzene rings is 1. The summed E-state index contributed by atoms with van der Waals surface area (Å²) >= 11 is 0. The molecule has 1 unspecified atom stereocenters. The molecule has 21 heavy (non-hydrogen) atoms. The Bertz CT molecular complexity index is 505. The molecule has 0 saturated carbocycles. The molecule has 7 heteroatoms. The Labute approximate surface area is 123 Å². The quantitative estimate of drug-likeness (QED) is 0.565. The third-order valence-corrected chi connectivity index (χ3v) is 2.86. The molecule has 0 heterocycles. The molecule has 0 radical (unpaired) electrons. The molecular formula is C14H21N3O4. The minimum atomic E-state index is -0.551. The van der Waals surface area contributed by atoms with Gasteiger partial charge < -0.3 is 15.8 Å². The lowest BCUT2D eigenvalue weighted by atomic mass is 10.1. The van der Waals surface area contributed by atoms with E-state index in [9.17, 15) is 14.9 Å². The van der Waals surface area contributed by atoms with E-state index in [1.807, 2.05) is 6.92 Å². The van der Waals surface area contributed by atoms with Crippen molar-refractivity contribution in [3.05, 3.63) is 28.3 Å². The van der Waals surface area contributed by atoms with Crippen LogP contribution < -0.4 is 15.8 Å². The van der Waals surface area contributed by atoms with Gasteiger partial charge in [0.05, 0.1) is 17.6 Å². The molecule has 0 spiro atoms. The maximum Gasteiger partial charge on any atom is 0.296 e. The van der Waals surface area contributed by atoms with Crippen LogP contribution in [0.2, 0.25) is 0 Å². The monoisotopic (exact) mass is 295 g/mol. The zero-order chi connectivity index (χ0) is 15.8. The van der Waals surface area contributed by atoms with E-state index in [-0.39, 0.29) is 29.7 Å². The van der Waals surface area contributed by atoms with Gasteiger partial charge in [0.15, 0.2) is 0 Å². The second-order valence-corrected chi connectivity index (χ2v) is 4.67. The van der Waals surface area contributed by atoms with Crippen LogP contribution in [0.4, 0.5) is 11.4 Å². The molecule has 7 nitrogen and oxygen atoms in total. The predicted octanol–water partition coefficient (Wildman–Crippen LogP) is 2.45. The number of hydrogen-bond acceptors (Lipinski definition) is 5. The zero-order valence-electron chi connectivity index (χ0n) is 12.3. The Morgan fingerprint density at radius 1 is 1.48 bits per heavy atom. The number of carbonyl (C=O) groups is 1. The number of hydrogen-bond donors (Lipinski definition) is 2. The molecule has 1 amide bonds. The summed E-state index contributed by atoms with van der Waals surface area (Å²) < 4.78 is 5.22. The SMILES string of the molecule is CCCC(N)CC(=O)Nc1ccc(OCC)cc1[N+](=O)[O-]. The van der Waals surface area contributed by atoms with Crippen molar-refractivity contribution in [2.24, 2.45) is 5.73 Å². The van der Waals surface area contributed by atoms with Gasteiger partial charge in [-0.25, -0.2) is 0 Å². The molecule has 0 aromatic heterocycles. The third-order valence-electron chi connectivity index (χ3n) is 2.86. The molecule has 3 N–H and O–H groups in total. The van der Waals surface area contributed by atoms with Crippen LogP contribution in [0.25, 0.3) is 0 Å². The number of amides is 1. The summed E-state index contributed by atoms with van der Waals surface area (Å²) in [5.41, 5.74) is 5.74. The third kappa shape index (κ3) is 5.39. The summed E-state index contributed by atoms with van der Waals surface area (Å²) in [7, 11) is 0. The first-order chi connectivity index (χ1) is 9.97. The van der Waals surface area contributed by atoms with Gasteiger partial charge in [-0.3, -0.25) is 14.9 Å². The second-order valence-electron chi connectivity index (χ2n) is 4.67. The molecule has 0 bridgehead atoms. The lowest BCUT2D eigenvalue weighted by Gasteiger charge is -2.11. The largest absolute Gasteiger partial charge is 0.494 e. The highest BCUT2D eigenvalue weighted by atomic mass is 16.6. The number of nitrogens with two attached hydrogens (primary N) is 1. The lowest BCUT2D eigenvalue weighted by molar-refractivity contribution is -0.384. The van der Waals surface area contributed by atoms with E-state index >= 15 is 0 Å². The van der Waals surface area contributed by atoms with Crippen molar-refractivity contribution < 1.29 is 14.5 Å². The highest BCUT2D eigenvalue weighted by Crippen LogP contribution is 2.29. The fourth-order valence-corrected chi connectivity index (χ4v) is 1.94. The average molecular weight is 295 g/mol. The first kappa shape index (κ1) is 16.9. The topological polar surface area (TPSA) is 107 Å². The fraction of sp³-hybridized carbons (Fsp3) is 0.500. The number of rotatable bonds is 8. The van der Waals surface area contributed by atoms with Crippen LogP contribution >= 0.6 is 0 Å². The molecule has 116 valence electrons. The summed E-state index contributed by atoms with van der Waals surface area (Å²) in [6.45, 7) is 4.18. The van der Waals surface area contributed by atoms with Crippen LogP contribution in [0.3, 0.4) is 0 Å². The van der Waals surface area contributed by atoms with Crippen LogP contribution in [0.15, 0.2) is 18.2 Å². The first-order valence-electron chi connectivity index (χ1n) is 6.94. The number of carbonyl (C=O) groups excluding carboxylic acids is 1. The summed E-state index contributed by atoms with van der Waals surface area (Å²) in [4.78, 5) is 22.3. The van der Waals surface area contributed by atoms with Gasteiger partial charge >= 0.3 is 0 Å². The van der Waals surface area contributed by atoms with E-state index in [1.54, 1.807) is 13.0 Å². The minimum Gasteiger partial charge on any atom is -0.494 e. The summed E-state index contributed by atoms with van der Waals surface area (Å²) in [6, 6.07) is 4.10. The van der Waals surface area contributed by atoms with Gasteiger partial charge in [0.25, 0.3) is 5.69 Å². The first-order valence-corrected chi connectivity index (χ1v) is 6.94. The zero-order valence-corrected chi connectivity index (χ0v) is 12.3. The molecule has 1 aromatic carbocycles. The van der Waals surface area contributed by atoms with Crippen molar-refractivity contribution in [1.29, 1.82) is 0 Å². The maximum atomic E-state index is 11.8. The Morgan fingerprint density at radius 3 is 2.76 bits per heavy atom. The van der Waals surface area contributed by atoms with Crippen molar-refractivity contribution in [2.75, 3.05) is 11.9 Å². The van der Waals surface area contributed by atoms with E-state index in [0.29, 0.717) is 12.4 Å². The second kappa shape index (κ2) is 8.21. The Kier molecular flexibility index (Phi) is 6.61. The average Bonchev–Trinajstić information content (AvgIpc) is 2.40. The van der Waals surface area contributed by atoms with Crippen LogP contribution in [-0.4, -0.2) is 23.5 Å². The molecule has 0 aliphatic heterocycles. The van der Waals surface area contributed by atoms with Gasteiger partial charge in [0, 0.05) is 12.5 Å². The Balaban J connectivity index is 2.82. The highest BCUT2D eigenvalue weighted by Gasteiger charge is 2.18.